The number of hydrogen-bond donors (Lipinski definition) is 1. The fourth-order valence-corrected chi connectivity index (χ4v) is 2.18. The number of benzene rings is 1. The van der Waals surface area contributed by atoms with Crippen LogP contribution in [0.2, 0.25) is 0 Å². The lowest BCUT2D eigenvalue weighted by molar-refractivity contribution is 0.637. The molecule has 0 spiro atoms. The van der Waals surface area contributed by atoms with Gasteiger partial charge in [0.25, 0.3) is 0 Å². The molecule has 2 heterocycles. The van der Waals surface area contributed by atoms with Crippen molar-refractivity contribution in [1.29, 1.82) is 0 Å². The summed E-state index contributed by atoms with van der Waals surface area (Å²) in [6.07, 6.45) is 2.76. The van der Waals surface area contributed by atoms with Crippen molar-refractivity contribution in [2.45, 2.75) is 6.42 Å². The molecule has 0 saturated carbocycles. The molecule has 4 nitrogen and oxygen atoms in total. The molecule has 17 heavy (non-hydrogen) atoms. The zero-order chi connectivity index (χ0) is 12.0. The molecule has 0 fully saturated rings. The molecule has 0 amide bonds. The summed E-state index contributed by atoms with van der Waals surface area (Å²) in [6, 6.07) is 4.99. The zero-order valence-corrected chi connectivity index (χ0v) is 9.52. The van der Waals surface area contributed by atoms with Gasteiger partial charge in [-0.05, 0) is 18.7 Å². The molecule has 0 aliphatic carbocycles. The van der Waals surface area contributed by atoms with E-state index in [0.717, 1.165) is 23.4 Å². The van der Waals surface area contributed by atoms with Crippen molar-refractivity contribution in [3.05, 3.63) is 35.9 Å². The van der Waals surface area contributed by atoms with Crippen molar-refractivity contribution >= 4 is 16.8 Å². The average Bonchev–Trinajstić information content (AvgIpc) is 2.81. The van der Waals surface area contributed by atoms with Crippen LogP contribution in [0.5, 0.6) is 0 Å². The molecule has 0 radical (unpaired) electrons. The molecule has 5 heteroatoms. The molecule has 0 bridgehead atoms. The average molecular weight is 232 g/mol. The monoisotopic (exact) mass is 232 g/mol. The number of hydrogen-bond acceptors (Lipinski definition) is 2. The van der Waals surface area contributed by atoms with Gasteiger partial charge in [-0.25, -0.2) is 9.37 Å². The van der Waals surface area contributed by atoms with Crippen molar-refractivity contribution in [1.82, 2.24) is 14.0 Å². The standard InChI is InChI=1S/C12H13FN4/c1-16-8(5-6-14)7-17-10-4-2-3-9(13)11(10)15-12(16)17/h2-4,7H,5-6,14H2,1H3. The Bertz CT molecular complexity index is 695. The van der Waals surface area contributed by atoms with E-state index in [-0.39, 0.29) is 5.82 Å². The van der Waals surface area contributed by atoms with Crippen LogP contribution in [0.4, 0.5) is 4.39 Å². The molecule has 1 aromatic carbocycles. The Morgan fingerprint density at radius 3 is 3.00 bits per heavy atom. The van der Waals surface area contributed by atoms with Gasteiger partial charge in [0.05, 0.1) is 5.52 Å². The normalized spacial score (nSPS) is 11.7. The molecule has 2 aromatic heterocycles. The summed E-state index contributed by atoms with van der Waals surface area (Å²) in [6.45, 7) is 0.591. The van der Waals surface area contributed by atoms with E-state index in [1.54, 1.807) is 6.07 Å². The van der Waals surface area contributed by atoms with Crippen molar-refractivity contribution in [2.75, 3.05) is 6.54 Å². The third-order valence-corrected chi connectivity index (χ3v) is 3.06. The largest absolute Gasteiger partial charge is 0.330 e. The second-order valence-electron chi connectivity index (χ2n) is 4.11. The van der Waals surface area contributed by atoms with Gasteiger partial charge < -0.3 is 10.3 Å². The predicted octanol–water partition coefficient (Wildman–Crippen LogP) is 1.47. The fourth-order valence-electron chi connectivity index (χ4n) is 2.18. The van der Waals surface area contributed by atoms with E-state index in [0.29, 0.717) is 12.1 Å². The van der Waals surface area contributed by atoms with Gasteiger partial charge in [-0.15, -0.1) is 0 Å². The minimum atomic E-state index is -0.286. The lowest BCUT2D eigenvalue weighted by Crippen LogP contribution is -2.06. The second-order valence-corrected chi connectivity index (χ2v) is 4.11. The Labute approximate surface area is 97.5 Å². The highest BCUT2D eigenvalue weighted by Crippen LogP contribution is 2.21. The maximum atomic E-state index is 13.6. The van der Waals surface area contributed by atoms with Gasteiger partial charge >= 0.3 is 0 Å². The smallest absolute Gasteiger partial charge is 0.215 e. The van der Waals surface area contributed by atoms with Crippen LogP contribution >= 0.6 is 0 Å². The number of halogens is 1. The van der Waals surface area contributed by atoms with Gasteiger partial charge in [0.2, 0.25) is 5.78 Å². The first-order valence-electron chi connectivity index (χ1n) is 5.53. The Balaban J connectivity index is 2.37. The number of nitrogens with zero attached hydrogens (tertiary/aromatic N) is 3. The number of fused-ring (bicyclic) bond motifs is 3. The van der Waals surface area contributed by atoms with Crippen molar-refractivity contribution < 1.29 is 4.39 Å². The summed E-state index contributed by atoms with van der Waals surface area (Å²) in [7, 11) is 1.92. The third kappa shape index (κ3) is 1.36. The minimum Gasteiger partial charge on any atom is -0.330 e. The number of nitrogens with two attached hydrogens (primary N) is 1. The number of para-hydroxylation sites is 1. The van der Waals surface area contributed by atoms with Crippen LogP contribution < -0.4 is 5.73 Å². The highest BCUT2D eigenvalue weighted by atomic mass is 19.1. The molecular formula is C12H13FN4. The van der Waals surface area contributed by atoms with Crippen LogP contribution in [0.15, 0.2) is 24.4 Å². The van der Waals surface area contributed by atoms with Gasteiger partial charge in [0, 0.05) is 25.4 Å². The maximum absolute atomic E-state index is 13.6. The molecule has 3 rings (SSSR count). The van der Waals surface area contributed by atoms with Gasteiger partial charge in [-0.2, -0.15) is 0 Å². The summed E-state index contributed by atoms with van der Waals surface area (Å²) in [4.78, 5) is 4.33. The summed E-state index contributed by atoms with van der Waals surface area (Å²) in [5.41, 5.74) is 7.86. The highest BCUT2D eigenvalue weighted by Gasteiger charge is 2.13. The van der Waals surface area contributed by atoms with E-state index in [1.807, 2.05) is 28.3 Å². The van der Waals surface area contributed by atoms with Crippen LogP contribution in [-0.4, -0.2) is 20.5 Å². The molecule has 0 saturated heterocycles. The van der Waals surface area contributed by atoms with E-state index >= 15 is 0 Å². The zero-order valence-electron chi connectivity index (χ0n) is 9.52. The maximum Gasteiger partial charge on any atom is 0.215 e. The summed E-state index contributed by atoms with van der Waals surface area (Å²) >= 11 is 0. The van der Waals surface area contributed by atoms with E-state index in [9.17, 15) is 4.39 Å². The topological polar surface area (TPSA) is 48.2 Å². The summed E-state index contributed by atoms with van der Waals surface area (Å²) in [5.74, 6) is 0.458. The Morgan fingerprint density at radius 2 is 2.24 bits per heavy atom. The quantitative estimate of drug-likeness (QED) is 0.727. The first kappa shape index (κ1) is 10.3. The Morgan fingerprint density at radius 1 is 1.41 bits per heavy atom. The van der Waals surface area contributed by atoms with Gasteiger partial charge in [0.1, 0.15) is 5.52 Å². The molecule has 0 atom stereocenters. The fraction of sp³-hybridized carbons (Fsp3) is 0.250. The predicted molar refractivity (Wildman–Crippen MR) is 64.4 cm³/mol. The van der Waals surface area contributed by atoms with Gasteiger partial charge in [-0.3, -0.25) is 4.40 Å². The SMILES string of the molecule is Cn1c(CCN)cn2c3cccc(F)c3nc12. The highest BCUT2D eigenvalue weighted by molar-refractivity contribution is 5.80. The summed E-state index contributed by atoms with van der Waals surface area (Å²) in [5, 5.41) is 0. The van der Waals surface area contributed by atoms with Crippen LogP contribution in [0, 0.1) is 5.82 Å². The molecule has 0 aliphatic rings. The van der Waals surface area contributed by atoms with Crippen molar-refractivity contribution in [3.63, 3.8) is 0 Å². The number of aryl methyl sites for hydroxylation is 1. The van der Waals surface area contributed by atoms with Gasteiger partial charge in [-0.1, -0.05) is 6.07 Å². The molecular weight excluding hydrogens is 219 g/mol. The third-order valence-electron chi connectivity index (χ3n) is 3.06. The van der Waals surface area contributed by atoms with E-state index in [1.165, 1.54) is 6.07 Å². The molecule has 88 valence electrons. The van der Waals surface area contributed by atoms with E-state index in [2.05, 4.69) is 4.98 Å². The minimum absolute atomic E-state index is 0.286. The first-order chi connectivity index (χ1) is 8.22. The van der Waals surface area contributed by atoms with Crippen molar-refractivity contribution in [3.8, 4) is 0 Å². The lowest BCUT2D eigenvalue weighted by atomic mass is 10.3. The van der Waals surface area contributed by atoms with Crippen LogP contribution in [0.25, 0.3) is 16.8 Å². The molecule has 0 aliphatic heterocycles. The Kier molecular flexibility index (Phi) is 2.16. The molecule has 2 N–H and O–H groups in total. The second kappa shape index (κ2) is 3.56. The number of rotatable bonds is 2. The Hall–Kier alpha value is -1.88. The summed E-state index contributed by atoms with van der Waals surface area (Å²) < 4.78 is 17.4. The number of aromatic nitrogens is 3. The van der Waals surface area contributed by atoms with Gasteiger partial charge in [0.15, 0.2) is 5.82 Å². The van der Waals surface area contributed by atoms with E-state index < -0.39 is 0 Å². The van der Waals surface area contributed by atoms with Crippen LogP contribution in [0.3, 0.4) is 0 Å². The lowest BCUT2D eigenvalue weighted by Gasteiger charge is -1.98. The molecule has 3 aromatic rings. The van der Waals surface area contributed by atoms with Crippen molar-refractivity contribution in [2.24, 2.45) is 12.8 Å². The van der Waals surface area contributed by atoms with Crippen LogP contribution in [-0.2, 0) is 13.5 Å². The number of imidazole rings is 2. The van der Waals surface area contributed by atoms with E-state index in [4.69, 9.17) is 5.73 Å². The molecule has 0 unspecified atom stereocenters. The first-order valence-corrected chi connectivity index (χ1v) is 5.53. The van der Waals surface area contributed by atoms with Crippen LogP contribution in [0.1, 0.15) is 5.69 Å².